The highest BCUT2D eigenvalue weighted by Gasteiger charge is 2.39. The van der Waals surface area contributed by atoms with Crippen LogP contribution in [0.4, 0.5) is 0 Å². The van der Waals surface area contributed by atoms with Crippen molar-refractivity contribution in [3.8, 4) is 11.5 Å². The van der Waals surface area contributed by atoms with Crippen molar-refractivity contribution < 1.29 is 24.2 Å². The molecule has 0 spiro atoms. The average molecular weight is 353 g/mol. The van der Waals surface area contributed by atoms with Crippen LogP contribution in [0.5, 0.6) is 11.5 Å². The monoisotopic (exact) mass is 353 g/mol. The zero-order chi connectivity index (χ0) is 18.8. The summed E-state index contributed by atoms with van der Waals surface area (Å²) in [5.74, 6) is -0.720. The molecule has 1 amide bonds. The van der Waals surface area contributed by atoms with Crippen LogP contribution in [0.3, 0.4) is 0 Å². The lowest BCUT2D eigenvalue weighted by Crippen LogP contribution is -2.21. The summed E-state index contributed by atoms with van der Waals surface area (Å²) < 4.78 is 10.5. The van der Waals surface area contributed by atoms with Gasteiger partial charge in [0, 0.05) is 5.56 Å². The van der Waals surface area contributed by atoms with Crippen LogP contribution in [0.2, 0.25) is 0 Å². The number of aryl methyl sites for hydroxylation is 1. The van der Waals surface area contributed by atoms with Gasteiger partial charge < -0.3 is 19.9 Å². The second-order valence-corrected chi connectivity index (χ2v) is 5.98. The van der Waals surface area contributed by atoms with Gasteiger partial charge in [0.15, 0.2) is 11.5 Å². The fourth-order valence-electron chi connectivity index (χ4n) is 2.92. The van der Waals surface area contributed by atoms with Crippen LogP contribution in [0, 0.1) is 6.92 Å². The van der Waals surface area contributed by atoms with E-state index in [-0.39, 0.29) is 11.3 Å². The van der Waals surface area contributed by atoms with Gasteiger partial charge in [-0.1, -0.05) is 35.9 Å². The van der Waals surface area contributed by atoms with Crippen molar-refractivity contribution in [1.29, 1.82) is 0 Å². The van der Waals surface area contributed by atoms with Crippen LogP contribution >= 0.6 is 0 Å². The van der Waals surface area contributed by atoms with Crippen molar-refractivity contribution in [2.24, 2.45) is 0 Å². The summed E-state index contributed by atoms with van der Waals surface area (Å²) >= 11 is 0. The van der Waals surface area contributed by atoms with E-state index in [0.717, 1.165) is 5.56 Å². The van der Waals surface area contributed by atoms with E-state index < -0.39 is 17.7 Å². The standard InChI is InChI=1S/C20H19NO5/c1-11-4-6-12(7-5-11)18(22)16-17(21-20(24)19(16)23)13-8-9-14(25-2)15(10-13)26-3/h4-10,17,22H,1-3H3,(H,21,24)/t17-/m1/s1. The summed E-state index contributed by atoms with van der Waals surface area (Å²) in [5.41, 5.74) is 2.12. The number of amides is 1. The summed E-state index contributed by atoms with van der Waals surface area (Å²) in [5, 5.41) is 13.3. The number of ether oxygens (including phenoxy) is 2. The van der Waals surface area contributed by atoms with Gasteiger partial charge in [-0.15, -0.1) is 0 Å². The Labute approximate surface area is 151 Å². The highest BCUT2D eigenvalue weighted by Crippen LogP contribution is 2.36. The van der Waals surface area contributed by atoms with Crippen molar-refractivity contribution in [2.45, 2.75) is 13.0 Å². The van der Waals surface area contributed by atoms with E-state index >= 15 is 0 Å². The maximum absolute atomic E-state index is 12.4. The smallest absolute Gasteiger partial charge is 0.293 e. The van der Waals surface area contributed by atoms with Gasteiger partial charge in [0.25, 0.3) is 11.7 Å². The van der Waals surface area contributed by atoms with Gasteiger partial charge in [-0.2, -0.15) is 0 Å². The Hall–Kier alpha value is -3.28. The first kappa shape index (κ1) is 17.5. The molecule has 0 aliphatic carbocycles. The molecule has 6 heteroatoms. The highest BCUT2D eigenvalue weighted by atomic mass is 16.5. The molecule has 2 N–H and O–H groups in total. The lowest BCUT2D eigenvalue weighted by Gasteiger charge is -2.16. The number of hydrogen-bond acceptors (Lipinski definition) is 5. The SMILES string of the molecule is COc1ccc([C@H]2NC(=O)C(=O)C2=C(O)c2ccc(C)cc2)cc1OC. The average Bonchev–Trinajstić information content (AvgIpc) is 2.96. The van der Waals surface area contributed by atoms with Crippen molar-refractivity contribution in [1.82, 2.24) is 5.32 Å². The summed E-state index contributed by atoms with van der Waals surface area (Å²) in [6, 6.07) is 11.4. The van der Waals surface area contributed by atoms with Crippen LogP contribution < -0.4 is 14.8 Å². The quantitative estimate of drug-likeness (QED) is 0.502. The van der Waals surface area contributed by atoms with Crippen LogP contribution in [0.15, 0.2) is 48.0 Å². The molecule has 1 atom stereocenters. The van der Waals surface area contributed by atoms with Gasteiger partial charge in [-0.3, -0.25) is 9.59 Å². The maximum Gasteiger partial charge on any atom is 0.293 e. The van der Waals surface area contributed by atoms with E-state index in [4.69, 9.17) is 9.47 Å². The normalized spacial score (nSPS) is 18.5. The number of carbonyl (C=O) groups is 2. The lowest BCUT2D eigenvalue weighted by atomic mass is 9.95. The Balaban J connectivity index is 2.11. The number of aliphatic hydroxyl groups is 1. The third kappa shape index (κ3) is 3.01. The van der Waals surface area contributed by atoms with Crippen molar-refractivity contribution in [3.63, 3.8) is 0 Å². The highest BCUT2D eigenvalue weighted by molar-refractivity contribution is 6.46. The van der Waals surface area contributed by atoms with Gasteiger partial charge in [0.1, 0.15) is 5.76 Å². The molecule has 3 rings (SSSR count). The van der Waals surface area contributed by atoms with Gasteiger partial charge in [-0.05, 0) is 24.6 Å². The molecule has 0 bridgehead atoms. The van der Waals surface area contributed by atoms with E-state index in [2.05, 4.69) is 5.32 Å². The third-order valence-electron chi connectivity index (χ3n) is 4.34. The summed E-state index contributed by atoms with van der Waals surface area (Å²) in [6.07, 6.45) is 0. The predicted octanol–water partition coefficient (Wildman–Crippen LogP) is 2.72. The van der Waals surface area contributed by atoms with E-state index in [1.54, 1.807) is 30.3 Å². The first-order valence-electron chi connectivity index (χ1n) is 8.03. The number of Topliss-reactive ketones (excluding diaryl/α,β-unsaturated/α-hetero) is 1. The van der Waals surface area contributed by atoms with Crippen LogP contribution in [-0.4, -0.2) is 31.0 Å². The van der Waals surface area contributed by atoms with Gasteiger partial charge in [-0.25, -0.2) is 0 Å². The molecule has 1 aliphatic rings. The van der Waals surface area contributed by atoms with Gasteiger partial charge >= 0.3 is 0 Å². The number of ketones is 1. The van der Waals surface area contributed by atoms with E-state index in [1.807, 2.05) is 19.1 Å². The van der Waals surface area contributed by atoms with Crippen molar-refractivity contribution >= 4 is 17.4 Å². The van der Waals surface area contributed by atoms with E-state index in [1.165, 1.54) is 14.2 Å². The second kappa shape index (κ2) is 6.92. The molecule has 1 saturated heterocycles. The molecule has 0 saturated carbocycles. The molecule has 0 radical (unpaired) electrons. The molecule has 1 aliphatic heterocycles. The molecular weight excluding hydrogens is 334 g/mol. The first-order valence-corrected chi connectivity index (χ1v) is 8.03. The van der Waals surface area contributed by atoms with E-state index in [0.29, 0.717) is 22.6 Å². The van der Waals surface area contributed by atoms with Crippen molar-refractivity contribution in [2.75, 3.05) is 14.2 Å². The van der Waals surface area contributed by atoms with Crippen LogP contribution in [0.25, 0.3) is 5.76 Å². The summed E-state index contributed by atoms with van der Waals surface area (Å²) in [7, 11) is 3.02. The van der Waals surface area contributed by atoms with Crippen molar-refractivity contribution in [3.05, 3.63) is 64.7 Å². The minimum atomic E-state index is -0.767. The first-order chi connectivity index (χ1) is 12.5. The molecule has 0 aromatic heterocycles. The molecule has 26 heavy (non-hydrogen) atoms. The minimum absolute atomic E-state index is 0.0195. The molecule has 6 nitrogen and oxygen atoms in total. The second-order valence-electron chi connectivity index (χ2n) is 5.98. The van der Waals surface area contributed by atoms with Gasteiger partial charge in [0.05, 0.1) is 25.8 Å². The number of methoxy groups -OCH3 is 2. The lowest BCUT2D eigenvalue weighted by molar-refractivity contribution is -0.133. The number of rotatable bonds is 4. The molecular formula is C20H19NO5. The number of nitrogens with one attached hydrogen (secondary N) is 1. The predicted molar refractivity (Wildman–Crippen MR) is 96.2 cm³/mol. The number of aliphatic hydroxyl groups excluding tert-OH is 1. The Bertz CT molecular complexity index is 899. The fraction of sp³-hybridized carbons (Fsp3) is 0.200. The Morgan fingerprint density at radius 3 is 2.27 bits per heavy atom. The Morgan fingerprint density at radius 1 is 1.00 bits per heavy atom. The summed E-state index contributed by atoms with van der Waals surface area (Å²) in [6.45, 7) is 1.92. The topological polar surface area (TPSA) is 84.9 Å². The van der Waals surface area contributed by atoms with Crippen LogP contribution in [-0.2, 0) is 9.59 Å². The third-order valence-corrected chi connectivity index (χ3v) is 4.34. The number of hydrogen-bond donors (Lipinski definition) is 2. The number of carbonyl (C=O) groups excluding carboxylic acids is 2. The number of benzene rings is 2. The molecule has 1 fully saturated rings. The largest absolute Gasteiger partial charge is 0.507 e. The maximum atomic E-state index is 12.4. The zero-order valence-corrected chi connectivity index (χ0v) is 14.7. The Morgan fingerprint density at radius 2 is 1.65 bits per heavy atom. The molecule has 2 aromatic rings. The summed E-state index contributed by atoms with van der Waals surface area (Å²) in [4.78, 5) is 24.3. The van der Waals surface area contributed by atoms with Gasteiger partial charge in [0.2, 0.25) is 0 Å². The Kier molecular flexibility index (Phi) is 4.67. The molecule has 0 unspecified atom stereocenters. The minimum Gasteiger partial charge on any atom is -0.507 e. The molecule has 134 valence electrons. The zero-order valence-electron chi connectivity index (χ0n) is 14.7. The molecule has 2 aromatic carbocycles. The fourth-order valence-corrected chi connectivity index (χ4v) is 2.92. The van der Waals surface area contributed by atoms with E-state index in [9.17, 15) is 14.7 Å². The van der Waals surface area contributed by atoms with Crippen LogP contribution in [0.1, 0.15) is 22.7 Å². The molecule has 1 heterocycles.